The number of nitrogens with zero attached hydrogens (tertiary/aromatic N) is 2. The molecule has 2 heterocycles. The molecule has 0 aliphatic carbocycles. The van der Waals surface area contributed by atoms with Crippen LogP contribution in [0.3, 0.4) is 0 Å². The van der Waals surface area contributed by atoms with Crippen molar-refractivity contribution in [1.29, 1.82) is 0 Å². The maximum Gasteiger partial charge on any atom is 0.339 e. The zero-order valence-electron chi connectivity index (χ0n) is 18.1. The molecule has 0 saturated carbocycles. The molecule has 178 valence electrons. The van der Waals surface area contributed by atoms with Crippen molar-refractivity contribution in [3.8, 4) is 5.75 Å². The average molecular weight is 486 g/mol. The molecule has 11 heteroatoms. The standard InChI is InChI=1S/C23H23N3O7S/c27-23(24-16-21(22-7-4-14-32-22)25-12-1-2-13-25)17-8-10-19(11-9-17)33-34(30,31)20-6-3-5-18(15-20)26(28)29/h3-11,14-15,21H,1-2,12-13,16H2,(H,24,27)/t21-/m1/s1. The molecule has 0 radical (unpaired) electrons. The fourth-order valence-corrected chi connectivity index (χ4v) is 4.80. The topological polar surface area (TPSA) is 132 Å². The number of furan rings is 1. The number of benzene rings is 2. The highest BCUT2D eigenvalue weighted by Gasteiger charge is 2.26. The number of nitrogens with one attached hydrogen (secondary N) is 1. The Morgan fingerprint density at radius 1 is 1.12 bits per heavy atom. The molecule has 3 aromatic rings. The summed E-state index contributed by atoms with van der Waals surface area (Å²) in [4.78, 5) is 24.8. The Labute approximate surface area is 196 Å². The van der Waals surface area contributed by atoms with Crippen LogP contribution in [0.25, 0.3) is 0 Å². The number of rotatable bonds is 9. The minimum Gasteiger partial charge on any atom is -0.468 e. The summed E-state index contributed by atoms with van der Waals surface area (Å²) < 4.78 is 35.6. The lowest BCUT2D eigenvalue weighted by Crippen LogP contribution is -2.36. The van der Waals surface area contributed by atoms with Crippen molar-refractivity contribution in [3.05, 3.63) is 88.4 Å². The lowest BCUT2D eigenvalue weighted by molar-refractivity contribution is -0.385. The maximum absolute atomic E-state index is 12.7. The van der Waals surface area contributed by atoms with Crippen molar-refractivity contribution in [2.45, 2.75) is 23.8 Å². The van der Waals surface area contributed by atoms with E-state index in [0.29, 0.717) is 12.1 Å². The van der Waals surface area contributed by atoms with E-state index in [1.54, 1.807) is 6.26 Å². The van der Waals surface area contributed by atoms with Gasteiger partial charge in [0.2, 0.25) is 0 Å². The van der Waals surface area contributed by atoms with Crippen molar-refractivity contribution in [3.63, 3.8) is 0 Å². The van der Waals surface area contributed by atoms with Gasteiger partial charge in [-0.2, -0.15) is 8.42 Å². The second kappa shape index (κ2) is 10.1. The largest absolute Gasteiger partial charge is 0.468 e. The van der Waals surface area contributed by atoms with Crippen LogP contribution in [0.1, 0.15) is 35.0 Å². The van der Waals surface area contributed by atoms with Gasteiger partial charge in [-0.05, 0) is 68.4 Å². The molecule has 10 nitrogen and oxygen atoms in total. The first kappa shape index (κ1) is 23.5. The average Bonchev–Trinajstić information content (AvgIpc) is 3.55. The van der Waals surface area contributed by atoms with Crippen LogP contribution in [0, 0.1) is 10.1 Å². The van der Waals surface area contributed by atoms with E-state index >= 15 is 0 Å². The van der Waals surface area contributed by atoms with Gasteiger partial charge in [-0.3, -0.25) is 19.8 Å². The van der Waals surface area contributed by atoms with E-state index in [9.17, 15) is 23.3 Å². The number of nitro benzene ring substituents is 1. The summed E-state index contributed by atoms with van der Waals surface area (Å²) in [7, 11) is -4.28. The van der Waals surface area contributed by atoms with E-state index in [4.69, 9.17) is 8.60 Å². The summed E-state index contributed by atoms with van der Waals surface area (Å²) in [5, 5.41) is 13.8. The SMILES string of the molecule is O=C(NC[C@H](c1ccco1)N1CCCC1)c1ccc(OS(=O)(=O)c2cccc([N+](=O)[O-])c2)cc1. The van der Waals surface area contributed by atoms with E-state index in [1.807, 2.05) is 12.1 Å². The highest BCUT2D eigenvalue weighted by atomic mass is 32.2. The molecular formula is C23H23N3O7S. The van der Waals surface area contributed by atoms with E-state index in [1.165, 1.54) is 42.5 Å². The molecule has 1 atom stereocenters. The molecule has 4 rings (SSSR count). The van der Waals surface area contributed by atoms with Gasteiger partial charge in [0.15, 0.2) is 0 Å². The van der Waals surface area contributed by atoms with Crippen molar-refractivity contribution < 1.29 is 26.7 Å². The summed E-state index contributed by atoms with van der Waals surface area (Å²) in [6, 6.07) is 13.8. The van der Waals surface area contributed by atoms with Gasteiger partial charge in [-0.15, -0.1) is 0 Å². The lowest BCUT2D eigenvalue weighted by atomic mass is 10.1. The first-order valence-electron chi connectivity index (χ1n) is 10.7. The molecule has 1 aromatic heterocycles. The molecule has 1 amide bonds. The summed E-state index contributed by atoms with van der Waals surface area (Å²) in [6.45, 7) is 2.24. The summed E-state index contributed by atoms with van der Waals surface area (Å²) in [5.74, 6) is 0.453. The highest BCUT2D eigenvalue weighted by molar-refractivity contribution is 7.87. The number of non-ortho nitro benzene ring substituents is 1. The third kappa shape index (κ3) is 5.43. The van der Waals surface area contributed by atoms with Crippen LogP contribution in [0.5, 0.6) is 5.75 Å². The Hall–Kier alpha value is -3.70. The summed E-state index contributed by atoms with van der Waals surface area (Å²) in [5.41, 5.74) is -0.0295. The smallest absolute Gasteiger partial charge is 0.339 e. The van der Waals surface area contributed by atoms with Crippen LogP contribution in [-0.2, 0) is 10.1 Å². The van der Waals surface area contributed by atoms with Gasteiger partial charge in [0, 0.05) is 24.2 Å². The Bertz CT molecular complexity index is 1250. The van der Waals surface area contributed by atoms with Gasteiger partial charge in [-0.25, -0.2) is 0 Å². The molecule has 1 saturated heterocycles. The molecular weight excluding hydrogens is 462 g/mol. The Kier molecular flexibility index (Phi) is 6.94. The predicted octanol–water partition coefficient (Wildman–Crippen LogP) is 3.52. The first-order valence-corrected chi connectivity index (χ1v) is 12.1. The molecule has 2 aromatic carbocycles. The number of carbonyl (C=O) groups excluding carboxylic acids is 1. The number of amides is 1. The van der Waals surface area contributed by atoms with Crippen LogP contribution in [0.4, 0.5) is 5.69 Å². The Morgan fingerprint density at radius 3 is 2.50 bits per heavy atom. The molecule has 0 spiro atoms. The Balaban J connectivity index is 1.40. The van der Waals surface area contributed by atoms with Crippen molar-refractivity contribution in [2.24, 2.45) is 0 Å². The third-order valence-electron chi connectivity index (χ3n) is 5.55. The maximum atomic E-state index is 12.7. The molecule has 34 heavy (non-hydrogen) atoms. The van der Waals surface area contributed by atoms with Gasteiger partial charge in [0.25, 0.3) is 11.6 Å². The normalized spacial score (nSPS) is 15.1. The molecule has 1 aliphatic heterocycles. The molecule has 0 unspecified atom stereocenters. The van der Waals surface area contributed by atoms with Gasteiger partial charge >= 0.3 is 10.1 Å². The zero-order chi connectivity index (χ0) is 24.1. The summed E-state index contributed by atoms with van der Waals surface area (Å²) in [6.07, 6.45) is 3.82. The van der Waals surface area contributed by atoms with Gasteiger partial charge in [-0.1, -0.05) is 6.07 Å². The molecule has 1 N–H and O–H groups in total. The molecule has 0 bridgehead atoms. The minimum atomic E-state index is -4.28. The molecule has 1 fully saturated rings. The van der Waals surface area contributed by atoms with E-state index < -0.39 is 15.0 Å². The zero-order valence-corrected chi connectivity index (χ0v) is 18.9. The number of hydrogen-bond donors (Lipinski definition) is 1. The second-order valence-corrected chi connectivity index (χ2v) is 9.35. The molecule has 1 aliphatic rings. The monoisotopic (exact) mass is 485 g/mol. The van der Waals surface area contributed by atoms with E-state index in [0.717, 1.165) is 37.8 Å². The highest BCUT2D eigenvalue weighted by Crippen LogP contribution is 2.25. The van der Waals surface area contributed by atoms with Gasteiger partial charge < -0.3 is 13.9 Å². The van der Waals surface area contributed by atoms with Gasteiger partial charge in [0.05, 0.1) is 17.2 Å². The lowest BCUT2D eigenvalue weighted by Gasteiger charge is -2.26. The number of hydrogen-bond acceptors (Lipinski definition) is 8. The van der Waals surface area contributed by atoms with Crippen molar-refractivity contribution in [1.82, 2.24) is 10.2 Å². The van der Waals surface area contributed by atoms with Crippen LogP contribution in [0.15, 0.2) is 76.2 Å². The predicted molar refractivity (Wildman–Crippen MR) is 122 cm³/mol. The van der Waals surface area contributed by atoms with E-state index in [2.05, 4.69) is 10.2 Å². The van der Waals surface area contributed by atoms with Crippen molar-refractivity contribution in [2.75, 3.05) is 19.6 Å². The summed E-state index contributed by atoms with van der Waals surface area (Å²) >= 11 is 0. The fourth-order valence-electron chi connectivity index (χ4n) is 3.82. The Morgan fingerprint density at radius 2 is 1.85 bits per heavy atom. The number of nitro groups is 1. The van der Waals surface area contributed by atoms with Crippen LogP contribution in [-0.4, -0.2) is 43.8 Å². The van der Waals surface area contributed by atoms with Crippen LogP contribution >= 0.6 is 0 Å². The first-order chi connectivity index (χ1) is 16.3. The van der Waals surface area contributed by atoms with Crippen molar-refractivity contribution >= 4 is 21.7 Å². The van der Waals surface area contributed by atoms with Crippen LogP contribution in [0.2, 0.25) is 0 Å². The number of likely N-dealkylation sites (tertiary alicyclic amines) is 1. The number of carbonyl (C=O) groups is 1. The van der Waals surface area contributed by atoms with E-state index in [-0.39, 0.29) is 28.3 Å². The fraction of sp³-hybridized carbons (Fsp3) is 0.261. The quantitative estimate of drug-likeness (QED) is 0.277. The minimum absolute atomic E-state index is 0.0198. The van der Waals surface area contributed by atoms with Crippen LogP contribution < -0.4 is 9.50 Å². The third-order valence-corrected chi connectivity index (χ3v) is 6.79. The van der Waals surface area contributed by atoms with Gasteiger partial charge in [0.1, 0.15) is 16.4 Å². The second-order valence-electron chi connectivity index (χ2n) is 7.80.